The lowest BCUT2D eigenvalue weighted by molar-refractivity contribution is 0.0601. The van der Waals surface area contributed by atoms with Gasteiger partial charge >= 0.3 is 5.97 Å². The predicted molar refractivity (Wildman–Crippen MR) is 102 cm³/mol. The zero-order chi connectivity index (χ0) is 20.2. The molecule has 2 aromatic rings. The van der Waals surface area contributed by atoms with Crippen LogP contribution < -0.4 is 10.0 Å². The normalized spacial score (nSPS) is 11.6. The van der Waals surface area contributed by atoms with Crippen molar-refractivity contribution in [1.82, 2.24) is 5.32 Å². The number of rotatable bonds is 5. The van der Waals surface area contributed by atoms with Gasteiger partial charge in [-0.05, 0) is 57.2 Å². The van der Waals surface area contributed by atoms with E-state index in [0.717, 1.165) is 0 Å². The van der Waals surface area contributed by atoms with E-state index in [2.05, 4.69) is 14.8 Å². The van der Waals surface area contributed by atoms with E-state index >= 15 is 0 Å². The molecule has 0 bridgehead atoms. The number of sulfonamides is 1. The molecule has 7 nitrogen and oxygen atoms in total. The van der Waals surface area contributed by atoms with Crippen LogP contribution in [0.5, 0.6) is 0 Å². The highest BCUT2D eigenvalue weighted by Crippen LogP contribution is 2.21. The Hall–Kier alpha value is -2.87. The molecule has 0 unspecified atom stereocenters. The zero-order valence-corrected chi connectivity index (χ0v) is 16.4. The molecule has 0 atom stereocenters. The average molecular weight is 390 g/mol. The van der Waals surface area contributed by atoms with E-state index in [1.54, 1.807) is 12.1 Å². The summed E-state index contributed by atoms with van der Waals surface area (Å²) in [6, 6.07) is 11.7. The van der Waals surface area contributed by atoms with E-state index < -0.39 is 21.5 Å². The lowest BCUT2D eigenvalue weighted by Gasteiger charge is -2.20. The molecule has 0 saturated heterocycles. The molecule has 0 radical (unpaired) electrons. The highest BCUT2D eigenvalue weighted by molar-refractivity contribution is 7.92. The first-order valence-corrected chi connectivity index (χ1v) is 9.64. The van der Waals surface area contributed by atoms with E-state index in [-0.39, 0.29) is 22.1 Å². The lowest BCUT2D eigenvalue weighted by atomic mass is 10.1. The van der Waals surface area contributed by atoms with Gasteiger partial charge in [0.2, 0.25) is 0 Å². The van der Waals surface area contributed by atoms with E-state index in [1.165, 1.54) is 43.5 Å². The molecule has 0 spiro atoms. The van der Waals surface area contributed by atoms with Crippen LogP contribution in [0.1, 0.15) is 41.5 Å². The molecule has 0 aromatic heterocycles. The van der Waals surface area contributed by atoms with Gasteiger partial charge in [-0.3, -0.25) is 9.52 Å². The fourth-order valence-corrected chi connectivity index (χ4v) is 3.34. The van der Waals surface area contributed by atoms with Crippen LogP contribution in [0.15, 0.2) is 53.4 Å². The van der Waals surface area contributed by atoms with E-state index in [4.69, 9.17) is 0 Å². The molecule has 2 N–H and O–H groups in total. The van der Waals surface area contributed by atoms with Crippen LogP contribution in [0.25, 0.3) is 0 Å². The van der Waals surface area contributed by atoms with Crippen LogP contribution in [0.4, 0.5) is 5.69 Å². The summed E-state index contributed by atoms with van der Waals surface area (Å²) in [5.74, 6) is -0.946. The number of hydrogen-bond donors (Lipinski definition) is 2. The summed E-state index contributed by atoms with van der Waals surface area (Å²) in [4.78, 5) is 23.9. The number of carbonyl (C=O) groups is 2. The van der Waals surface area contributed by atoms with Gasteiger partial charge in [-0.25, -0.2) is 13.2 Å². The van der Waals surface area contributed by atoms with E-state index in [1.807, 2.05) is 20.8 Å². The molecule has 144 valence electrons. The van der Waals surface area contributed by atoms with Crippen molar-refractivity contribution in [2.75, 3.05) is 11.8 Å². The van der Waals surface area contributed by atoms with Crippen molar-refractivity contribution in [3.8, 4) is 0 Å². The smallest absolute Gasteiger partial charge is 0.339 e. The Bertz CT molecular complexity index is 945. The Morgan fingerprint density at radius 3 is 2.11 bits per heavy atom. The minimum absolute atomic E-state index is 0.0329. The van der Waals surface area contributed by atoms with Crippen molar-refractivity contribution < 1.29 is 22.7 Å². The second-order valence-electron chi connectivity index (χ2n) is 6.87. The van der Waals surface area contributed by atoms with Crippen molar-refractivity contribution in [3.05, 3.63) is 59.7 Å². The third kappa shape index (κ3) is 5.30. The van der Waals surface area contributed by atoms with E-state index in [0.29, 0.717) is 5.56 Å². The highest BCUT2D eigenvalue weighted by Gasteiger charge is 2.20. The number of anilines is 1. The number of amides is 1. The summed E-state index contributed by atoms with van der Waals surface area (Å²) in [7, 11) is -2.73. The van der Waals surface area contributed by atoms with Gasteiger partial charge in [0.25, 0.3) is 15.9 Å². The number of ether oxygens (including phenoxy) is 1. The molecule has 8 heteroatoms. The van der Waals surface area contributed by atoms with Crippen LogP contribution in [0, 0.1) is 0 Å². The van der Waals surface area contributed by atoms with Crippen LogP contribution in [0.3, 0.4) is 0 Å². The van der Waals surface area contributed by atoms with Crippen molar-refractivity contribution in [1.29, 1.82) is 0 Å². The number of benzene rings is 2. The number of para-hydroxylation sites is 1. The third-order valence-corrected chi connectivity index (χ3v) is 4.87. The number of nitrogens with one attached hydrogen (secondary N) is 2. The van der Waals surface area contributed by atoms with Crippen molar-refractivity contribution in [3.63, 3.8) is 0 Å². The van der Waals surface area contributed by atoms with Crippen molar-refractivity contribution in [2.45, 2.75) is 31.2 Å². The first-order chi connectivity index (χ1) is 12.5. The van der Waals surface area contributed by atoms with Gasteiger partial charge in [-0.2, -0.15) is 0 Å². The van der Waals surface area contributed by atoms with Crippen molar-refractivity contribution >= 4 is 27.6 Å². The lowest BCUT2D eigenvalue weighted by Crippen LogP contribution is -2.40. The summed E-state index contributed by atoms with van der Waals surface area (Å²) in [5, 5.41) is 2.80. The molecular weight excluding hydrogens is 368 g/mol. The Kier molecular flexibility index (Phi) is 5.90. The largest absolute Gasteiger partial charge is 0.465 e. The Morgan fingerprint density at radius 2 is 1.56 bits per heavy atom. The molecule has 0 aliphatic heterocycles. The first-order valence-electron chi connectivity index (χ1n) is 8.16. The predicted octanol–water partition coefficient (Wildman–Crippen LogP) is 2.80. The zero-order valence-electron chi connectivity index (χ0n) is 15.6. The Balaban J connectivity index is 2.26. The standard InChI is InChI=1S/C19H22N2O5S/c1-19(2,3)20-17(22)13-9-11-14(12-10-13)27(24,25)21-16-8-6-5-7-15(16)18(23)26-4/h5-12,21H,1-4H3,(H,20,22). The number of esters is 1. The van der Waals surface area contributed by atoms with Crippen molar-refractivity contribution in [2.24, 2.45) is 0 Å². The summed E-state index contributed by atoms with van der Waals surface area (Å²) >= 11 is 0. The maximum atomic E-state index is 12.6. The molecule has 0 heterocycles. The molecular formula is C19H22N2O5S. The van der Waals surface area contributed by atoms with Gasteiger partial charge in [0, 0.05) is 11.1 Å². The average Bonchev–Trinajstić information content (AvgIpc) is 2.60. The van der Waals surface area contributed by atoms with Crippen LogP contribution >= 0.6 is 0 Å². The summed E-state index contributed by atoms with van der Waals surface area (Å²) in [6.07, 6.45) is 0. The number of carbonyl (C=O) groups excluding carboxylic acids is 2. The van der Waals surface area contributed by atoms with Gasteiger partial charge in [0.1, 0.15) is 0 Å². The van der Waals surface area contributed by atoms with Crippen LogP contribution in [-0.4, -0.2) is 32.9 Å². The maximum Gasteiger partial charge on any atom is 0.339 e. The molecule has 2 rings (SSSR count). The molecule has 2 aromatic carbocycles. The second kappa shape index (κ2) is 7.79. The van der Waals surface area contributed by atoms with Gasteiger partial charge in [-0.1, -0.05) is 12.1 Å². The topological polar surface area (TPSA) is 102 Å². The Morgan fingerprint density at radius 1 is 0.963 bits per heavy atom. The fourth-order valence-electron chi connectivity index (χ4n) is 2.26. The third-order valence-electron chi connectivity index (χ3n) is 3.49. The molecule has 0 aliphatic rings. The van der Waals surface area contributed by atoms with Gasteiger partial charge in [-0.15, -0.1) is 0 Å². The van der Waals surface area contributed by atoms with Gasteiger partial charge in [0.05, 0.1) is 23.3 Å². The summed E-state index contributed by atoms with van der Waals surface area (Å²) in [5.41, 5.74) is 0.156. The van der Waals surface area contributed by atoms with Gasteiger partial charge in [0.15, 0.2) is 0 Å². The maximum absolute atomic E-state index is 12.6. The first kappa shape index (κ1) is 20.4. The van der Waals surface area contributed by atoms with E-state index in [9.17, 15) is 18.0 Å². The molecule has 0 aliphatic carbocycles. The molecule has 0 saturated carbocycles. The van der Waals surface area contributed by atoms with Crippen LogP contribution in [0.2, 0.25) is 0 Å². The molecule has 27 heavy (non-hydrogen) atoms. The highest BCUT2D eigenvalue weighted by atomic mass is 32.2. The molecule has 0 fully saturated rings. The number of methoxy groups -OCH3 is 1. The number of hydrogen-bond acceptors (Lipinski definition) is 5. The van der Waals surface area contributed by atoms with Crippen LogP contribution in [-0.2, 0) is 14.8 Å². The summed E-state index contributed by atoms with van der Waals surface area (Å²) in [6.45, 7) is 5.56. The van der Waals surface area contributed by atoms with Gasteiger partial charge < -0.3 is 10.1 Å². The quantitative estimate of drug-likeness (QED) is 0.765. The molecule has 1 amide bonds. The minimum atomic E-state index is -3.94. The Labute approximate surface area is 158 Å². The second-order valence-corrected chi connectivity index (χ2v) is 8.55. The minimum Gasteiger partial charge on any atom is -0.465 e. The summed E-state index contributed by atoms with van der Waals surface area (Å²) < 4.78 is 32.3. The monoisotopic (exact) mass is 390 g/mol. The fraction of sp³-hybridized carbons (Fsp3) is 0.263. The SMILES string of the molecule is COC(=O)c1ccccc1NS(=O)(=O)c1ccc(C(=O)NC(C)(C)C)cc1.